The van der Waals surface area contributed by atoms with Gasteiger partial charge in [0, 0.05) is 18.5 Å². The molecule has 26 heavy (non-hydrogen) atoms. The van der Waals surface area contributed by atoms with Gasteiger partial charge in [0.2, 0.25) is 15.7 Å². The second-order valence-electron chi connectivity index (χ2n) is 7.14. The minimum atomic E-state index is -4.80. The van der Waals surface area contributed by atoms with Gasteiger partial charge in [-0.25, -0.2) is 8.42 Å². The minimum Gasteiger partial charge on any atom is -0.485 e. The summed E-state index contributed by atoms with van der Waals surface area (Å²) in [5.41, 5.74) is -0.799. The number of hydrogen-bond donors (Lipinski definition) is 1. The van der Waals surface area contributed by atoms with E-state index in [4.69, 9.17) is 4.74 Å². The normalized spacial score (nSPS) is 25.8. The molecule has 1 N–H and O–H groups in total. The van der Waals surface area contributed by atoms with Crippen molar-refractivity contribution < 1.29 is 31.8 Å². The second-order valence-corrected chi connectivity index (χ2v) is 9.06. The first-order valence-corrected chi connectivity index (χ1v) is 9.93. The number of fused-ring (bicyclic) bond motifs is 1. The molecule has 0 bridgehead atoms. The quantitative estimate of drug-likeness (QED) is 0.857. The Balaban J connectivity index is 2.14. The molecule has 6 nitrogen and oxygen atoms in total. The van der Waals surface area contributed by atoms with E-state index in [0.29, 0.717) is 13.0 Å². The number of hydrogen-bond acceptors (Lipinski definition) is 5. The summed E-state index contributed by atoms with van der Waals surface area (Å²) in [6, 6.07) is 2.60. The zero-order valence-corrected chi connectivity index (χ0v) is 15.3. The van der Waals surface area contributed by atoms with Crippen LogP contribution < -0.4 is 4.74 Å². The van der Waals surface area contributed by atoms with Crippen molar-refractivity contribution in [2.24, 2.45) is 0 Å². The van der Waals surface area contributed by atoms with Crippen molar-refractivity contribution in [2.75, 3.05) is 6.54 Å². The Morgan fingerprint density at radius 1 is 1.31 bits per heavy atom. The number of carbonyl (C=O) groups excluding carboxylic acids is 1. The van der Waals surface area contributed by atoms with E-state index in [1.165, 1.54) is 11.0 Å². The third-order valence-electron chi connectivity index (χ3n) is 4.94. The SMILES string of the molecule is CC1(C)Oc2ccc(S(=O)(=O)C(F)F)cc2[C@H](N2CCCCC2=O)[C@H]1O. The molecule has 1 aromatic rings. The zero-order valence-electron chi connectivity index (χ0n) is 14.5. The van der Waals surface area contributed by atoms with Gasteiger partial charge in [0.05, 0.1) is 10.9 Å². The molecule has 0 aromatic heterocycles. The van der Waals surface area contributed by atoms with Crippen LogP contribution in [0.15, 0.2) is 23.1 Å². The molecule has 2 atom stereocenters. The summed E-state index contributed by atoms with van der Waals surface area (Å²) < 4.78 is 55.2. The van der Waals surface area contributed by atoms with Crippen LogP contribution in [-0.4, -0.2) is 48.3 Å². The Bertz CT molecular complexity index is 824. The first-order valence-electron chi connectivity index (χ1n) is 8.38. The number of alkyl halides is 2. The molecule has 0 saturated carbocycles. The lowest BCUT2D eigenvalue weighted by Gasteiger charge is -2.47. The van der Waals surface area contributed by atoms with E-state index in [1.807, 2.05) is 0 Å². The number of sulfone groups is 1. The van der Waals surface area contributed by atoms with Crippen LogP contribution >= 0.6 is 0 Å². The summed E-state index contributed by atoms with van der Waals surface area (Å²) in [4.78, 5) is 13.3. The molecule has 1 aromatic carbocycles. The van der Waals surface area contributed by atoms with E-state index in [0.717, 1.165) is 25.0 Å². The van der Waals surface area contributed by atoms with Crippen LogP contribution in [0.3, 0.4) is 0 Å². The molecular weight excluding hydrogens is 368 g/mol. The zero-order chi connectivity index (χ0) is 19.3. The summed E-state index contributed by atoms with van der Waals surface area (Å²) >= 11 is 0. The Morgan fingerprint density at radius 3 is 2.62 bits per heavy atom. The lowest BCUT2D eigenvalue weighted by molar-refractivity contribution is -0.147. The predicted molar refractivity (Wildman–Crippen MR) is 88.7 cm³/mol. The fourth-order valence-electron chi connectivity index (χ4n) is 3.48. The summed E-state index contributed by atoms with van der Waals surface area (Å²) in [6.45, 7) is 3.72. The predicted octanol–water partition coefficient (Wildman–Crippen LogP) is 2.27. The van der Waals surface area contributed by atoms with Gasteiger partial charge in [-0.1, -0.05) is 0 Å². The van der Waals surface area contributed by atoms with Gasteiger partial charge < -0.3 is 14.7 Å². The van der Waals surface area contributed by atoms with E-state index < -0.39 is 38.2 Å². The lowest BCUT2D eigenvalue weighted by atomic mass is 9.84. The molecule has 2 aliphatic rings. The molecule has 1 saturated heterocycles. The van der Waals surface area contributed by atoms with Crippen molar-refractivity contribution in [3.05, 3.63) is 23.8 Å². The maximum atomic E-state index is 12.9. The number of rotatable bonds is 3. The molecular formula is C17H21F2NO5S. The lowest BCUT2D eigenvalue weighted by Crippen LogP contribution is -2.55. The molecule has 0 unspecified atom stereocenters. The summed E-state index contributed by atoms with van der Waals surface area (Å²) in [6.07, 6.45) is 0.682. The van der Waals surface area contributed by atoms with Gasteiger partial charge in [-0.2, -0.15) is 8.78 Å². The number of likely N-dealkylation sites (tertiary alicyclic amines) is 1. The smallest absolute Gasteiger partial charge is 0.341 e. The summed E-state index contributed by atoms with van der Waals surface area (Å²) in [7, 11) is -4.80. The minimum absolute atomic E-state index is 0.161. The molecule has 0 spiro atoms. The number of ether oxygens (including phenoxy) is 1. The average molecular weight is 389 g/mol. The van der Waals surface area contributed by atoms with Gasteiger partial charge in [0.25, 0.3) is 0 Å². The van der Waals surface area contributed by atoms with Crippen molar-refractivity contribution in [3.8, 4) is 5.75 Å². The molecule has 1 fully saturated rings. The topological polar surface area (TPSA) is 83.9 Å². The number of halogens is 2. The van der Waals surface area contributed by atoms with E-state index in [-0.39, 0.29) is 17.2 Å². The van der Waals surface area contributed by atoms with Crippen molar-refractivity contribution in [2.45, 2.75) is 61.5 Å². The summed E-state index contributed by atoms with van der Waals surface area (Å²) in [5.74, 6) is -3.44. The molecule has 1 amide bonds. The number of aliphatic hydroxyl groups is 1. The maximum Gasteiger partial charge on any atom is 0.341 e. The first-order chi connectivity index (χ1) is 12.1. The molecule has 3 rings (SSSR count). The molecule has 0 aliphatic carbocycles. The van der Waals surface area contributed by atoms with Gasteiger partial charge in [-0.3, -0.25) is 4.79 Å². The van der Waals surface area contributed by atoms with Crippen molar-refractivity contribution >= 4 is 15.7 Å². The standard InChI is InChI=1S/C17H21F2NO5S/c1-17(2)15(22)14(20-8-4-3-5-13(20)21)11-9-10(6-7-12(11)25-17)26(23,24)16(18)19/h6-7,9,14-16,22H,3-5,8H2,1-2H3/t14-,15+/m0/s1. The van der Waals surface area contributed by atoms with Crippen LogP contribution in [0.2, 0.25) is 0 Å². The first kappa shape index (κ1) is 19.0. The average Bonchev–Trinajstić information content (AvgIpc) is 2.56. The van der Waals surface area contributed by atoms with Gasteiger partial charge in [-0.15, -0.1) is 0 Å². The second kappa shape index (κ2) is 6.45. The third kappa shape index (κ3) is 3.07. The molecule has 9 heteroatoms. The van der Waals surface area contributed by atoms with E-state index in [1.54, 1.807) is 13.8 Å². The highest BCUT2D eigenvalue weighted by atomic mass is 32.2. The van der Waals surface area contributed by atoms with Gasteiger partial charge in [-0.05, 0) is 44.9 Å². The molecule has 2 heterocycles. The summed E-state index contributed by atoms with van der Waals surface area (Å²) in [5, 5.41) is 10.8. The fraction of sp³-hybridized carbons (Fsp3) is 0.588. The molecule has 144 valence electrons. The van der Waals surface area contributed by atoms with Crippen LogP contribution in [0.25, 0.3) is 0 Å². The largest absolute Gasteiger partial charge is 0.485 e. The van der Waals surface area contributed by atoms with Crippen LogP contribution in [0.5, 0.6) is 5.75 Å². The van der Waals surface area contributed by atoms with Crippen molar-refractivity contribution in [3.63, 3.8) is 0 Å². The number of nitrogens with zero attached hydrogens (tertiary/aromatic N) is 1. The van der Waals surface area contributed by atoms with E-state index in [9.17, 15) is 27.1 Å². The number of piperidine rings is 1. The highest BCUT2D eigenvalue weighted by molar-refractivity contribution is 7.91. The monoisotopic (exact) mass is 389 g/mol. The number of benzene rings is 1. The Kier molecular flexibility index (Phi) is 4.72. The van der Waals surface area contributed by atoms with Gasteiger partial charge in [0.15, 0.2) is 0 Å². The molecule has 0 radical (unpaired) electrons. The van der Waals surface area contributed by atoms with E-state index in [2.05, 4.69) is 0 Å². The van der Waals surface area contributed by atoms with Crippen LogP contribution in [0.1, 0.15) is 44.7 Å². The Hall–Kier alpha value is -1.74. The van der Waals surface area contributed by atoms with Gasteiger partial charge >= 0.3 is 5.76 Å². The number of carbonyl (C=O) groups is 1. The number of aliphatic hydroxyl groups excluding tert-OH is 1. The fourth-order valence-corrected chi connectivity index (χ4v) is 4.24. The van der Waals surface area contributed by atoms with Crippen molar-refractivity contribution in [1.29, 1.82) is 0 Å². The molecule has 2 aliphatic heterocycles. The van der Waals surface area contributed by atoms with Crippen LogP contribution in [0.4, 0.5) is 8.78 Å². The van der Waals surface area contributed by atoms with E-state index >= 15 is 0 Å². The highest BCUT2D eigenvalue weighted by Gasteiger charge is 2.47. The number of amides is 1. The Morgan fingerprint density at radius 2 is 2.00 bits per heavy atom. The van der Waals surface area contributed by atoms with Crippen LogP contribution in [-0.2, 0) is 14.6 Å². The highest BCUT2D eigenvalue weighted by Crippen LogP contribution is 2.44. The maximum absolute atomic E-state index is 12.9. The van der Waals surface area contributed by atoms with Crippen molar-refractivity contribution in [1.82, 2.24) is 4.90 Å². The Labute approximate surface area is 150 Å². The van der Waals surface area contributed by atoms with Crippen LogP contribution in [0, 0.1) is 0 Å². The van der Waals surface area contributed by atoms with Gasteiger partial charge in [0.1, 0.15) is 17.5 Å². The third-order valence-corrected chi connectivity index (χ3v) is 6.32.